The maximum Gasteiger partial charge on any atom is 0.343 e. The van der Waals surface area contributed by atoms with Crippen molar-refractivity contribution in [3.63, 3.8) is 0 Å². The first-order valence-electron chi connectivity index (χ1n) is 7.20. The van der Waals surface area contributed by atoms with Gasteiger partial charge in [0.15, 0.2) is 0 Å². The largest absolute Gasteiger partial charge is 0.451 e. The standard InChI is InChI=1S/C15H21N3O2/c1-9-4-5-10(8-17-9)18-13-12-11(6-7-16-13)15(2,3)20-14(12)19/h6-7,9-10,17H,4-5,8H2,1-3H3,(H,16,18). The number of cyclic esters (lactones) is 1. The third kappa shape index (κ3) is 2.26. The number of pyridine rings is 1. The molecule has 0 saturated carbocycles. The van der Waals surface area contributed by atoms with Crippen molar-refractivity contribution in [3.05, 3.63) is 23.4 Å². The summed E-state index contributed by atoms with van der Waals surface area (Å²) in [6, 6.07) is 2.74. The Bertz CT molecular complexity index is 534. The van der Waals surface area contributed by atoms with Crippen LogP contribution in [-0.2, 0) is 10.3 Å². The monoisotopic (exact) mass is 275 g/mol. The second kappa shape index (κ2) is 4.74. The van der Waals surface area contributed by atoms with Gasteiger partial charge in [0.1, 0.15) is 17.0 Å². The van der Waals surface area contributed by atoms with Gasteiger partial charge in [0.2, 0.25) is 0 Å². The van der Waals surface area contributed by atoms with Gasteiger partial charge in [-0.05, 0) is 39.7 Å². The topological polar surface area (TPSA) is 63.2 Å². The molecule has 2 aliphatic heterocycles. The maximum absolute atomic E-state index is 12.1. The van der Waals surface area contributed by atoms with Gasteiger partial charge in [0.05, 0.1) is 0 Å². The number of carbonyl (C=O) groups is 1. The highest BCUT2D eigenvalue weighted by Gasteiger charge is 2.40. The maximum atomic E-state index is 12.1. The molecule has 3 heterocycles. The van der Waals surface area contributed by atoms with E-state index in [0.717, 1.165) is 24.9 Å². The molecule has 2 N–H and O–H groups in total. The Morgan fingerprint density at radius 1 is 1.45 bits per heavy atom. The van der Waals surface area contributed by atoms with Gasteiger partial charge in [0.25, 0.3) is 0 Å². The fourth-order valence-corrected chi connectivity index (χ4v) is 2.93. The summed E-state index contributed by atoms with van der Waals surface area (Å²) >= 11 is 0. The van der Waals surface area contributed by atoms with E-state index in [9.17, 15) is 4.79 Å². The lowest BCUT2D eigenvalue weighted by Gasteiger charge is -2.29. The summed E-state index contributed by atoms with van der Waals surface area (Å²) < 4.78 is 5.43. The number of esters is 1. The van der Waals surface area contributed by atoms with E-state index in [0.29, 0.717) is 23.5 Å². The Kier molecular flexibility index (Phi) is 3.17. The number of hydrogen-bond donors (Lipinski definition) is 2. The van der Waals surface area contributed by atoms with Crippen molar-refractivity contribution in [3.8, 4) is 0 Å². The third-order valence-electron chi connectivity index (χ3n) is 4.15. The molecule has 1 saturated heterocycles. The number of nitrogens with zero attached hydrogens (tertiary/aromatic N) is 1. The fraction of sp³-hybridized carbons (Fsp3) is 0.600. The van der Waals surface area contributed by atoms with E-state index in [1.807, 2.05) is 19.9 Å². The minimum atomic E-state index is -0.564. The molecule has 0 radical (unpaired) electrons. The number of rotatable bonds is 2. The summed E-state index contributed by atoms with van der Waals surface area (Å²) in [7, 11) is 0. The van der Waals surface area contributed by atoms with Gasteiger partial charge in [-0.1, -0.05) is 0 Å². The van der Waals surface area contributed by atoms with Crippen molar-refractivity contribution in [2.24, 2.45) is 0 Å². The van der Waals surface area contributed by atoms with Gasteiger partial charge in [-0.25, -0.2) is 9.78 Å². The first kappa shape index (κ1) is 13.4. The van der Waals surface area contributed by atoms with Crippen molar-refractivity contribution in [1.82, 2.24) is 10.3 Å². The second-order valence-electron chi connectivity index (χ2n) is 6.21. The second-order valence-corrected chi connectivity index (χ2v) is 6.21. The number of hydrogen-bond acceptors (Lipinski definition) is 5. The molecule has 1 aromatic rings. The summed E-state index contributed by atoms with van der Waals surface area (Å²) in [6.07, 6.45) is 3.95. The lowest BCUT2D eigenvalue weighted by atomic mass is 9.96. The summed E-state index contributed by atoms with van der Waals surface area (Å²) in [5.41, 5.74) is 0.943. The molecule has 0 aliphatic carbocycles. The van der Waals surface area contributed by atoms with E-state index >= 15 is 0 Å². The fourth-order valence-electron chi connectivity index (χ4n) is 2.93. The number of ether oxygens (including phenoxy) is 1. The molecule has 5 nitrogen and oxygen atoms in total. The molecular weight excluding hydrogens is 254 g/mol. The molecule has 108 valence electrons. The summed E-state index contributed by atoms with van der Waals surface area (Å²) in [6.45, 7) is 6.90. The van der Waals surface area contributed by atoms with Crippen LogP contribution in [0.15, 0.2) is 12.3 Å². The summed E-state index contributed by atoms with van der Waals surface area (Å²) in [4.78, 5) is 16.4. The minimum absolute atomic E-state index is 0.280. The van der Waals surface area contributed by atoms with E-state index in [-0.39, 0.29) is 5.97 Å². The van der Waals surface area contributed by atoms with Crippen molar-refractivity contribution in [2.75, 3.05) is 11.9 Å². The Morgan fingerprint density at radius 2 is 2.25 bits per heavy atom. The smallest absolute Gasteiger partial charge is 0.343 e. The summed E-state index contributed by atoms with van der Waals surface area (Å²) in [5, 5.41) is 6.84. The third-order valence-corrected chi connectivity index (χ3v) is 4.15. The zero-order chi connectivity index (χ0) is 14.3. The average molecular weight is 275 g/mol. The van der Waals surface area contributed by atoms with Gasteiger partial charge in [0, 0.05) is 30.4 Å². The van der Waals surface area contributed by atoms with E-state index < -0.39 is 5.60 Å². The molecule has 2 aliphatic rings. The molecule has 5 heteroatoms. The minimum Gasteiger partial charge on any atom is -0.451 e. The quantitative estimate of drug-likeness (QED) is 0.809. The van der Waals surface area contributed by atoms with E-state index in [1.54, 1.807) is 6.20 Å². The Morgan fingerprint density at radius 3 is 2.95 bits per heavy atom. The zero-order valence-electron chi connectivity index (χ0n) is 12.2. The van der Waals surface area contributed by atoms with Gasteiger partial charge >= 0.3 is 5.97 Å². The molecular formula is C15H21N3O2. The van der Waals surface area contributed by atoms with E-state index in [1.165, 1.54) is 0 Å². The van der Waals surface area contributed by atoms with Crippen LogP contribution in [0, 0.1) is 0 Å². The van der Waals surface area contributed by atoms with Crippen LogP contribution < -0.4 is 10.6 Å². The predicted molar refractivity (Wildman–Crippen MR) is 76.8 cm³/mol. The van der Waals surface area contributed by atoms with Crippen LogP contribution >= 0.6 is 0 Å². The van der Waals surface area contributed by atoms with Crippen LogP contribution in [0.1, 0.15) is 49.5 Å². The van der Waals surface area contributed by atoms with Gasteiger partial charge < -0.3 is 15.4 Å². The van der Waals surface area contributed by atoms with Crippen molar-refractivity contribution in [2.45, 2.75) is 51.3 Å². The highest BCUT2D eigenvalue weighted by molar-refractivity contribution is 5.99. The van der Waals surface area contributed by atoms with Crippen LogP contribution in [0.25, 0.3) is 0 Å². The Balaban J connectivity index is 1.85. The zero-order valence-corrected chi connectivity index (χ0v) is 12.2. The molecule has 0 bridgehead atoms. The molecule has 0 aromatic carbocycles. The van der Waals surface area contributed by atoms with Crippen molar-refractivity contribution < 1.29 is 9.53 Å². The number of fused-ring (bicyclic) bond motifs is 1. The lowest BCUT2D eigenvalue weighted by molar-refractivity contribution is 0.00958. The van der Waals surface area contributed by atoms with Crippen molar-refractivity contribution in [1.29, 1.82) is 0 Å². The van der Waals surface area contributed by atoms with Crippen LogP contribution in [0.4, 0.5) is 5.82 Å². The molecule has 1 aromatic heterocycles. The molecule has 0 amide bonds. The van der Waals surface area contributed by atoms with Gasteiger partial charge in [-0.2, -0.15) is 0 Å². The van der Waals surface area contributed by atoms with Crippen LogP contribution in [0.5, 0.6) is 0 Å². The van der Waals surface area contributed by atoms with E-state index in [2.05, 4.69) is 22.5 Å². The van der Waals surface area contributed by atoms with Gasteiger partial charge in [-0.3, -0.25) is 0 Å². The van der Waals surface area contributed by atoms with Crippen molar-refractivity contribution >= 4 is 11.8 Å². The first-order chi connectivity index (χ1) is 9.47. The van der Waals surface area contributed by atoms with Crippen LogP contribution in [0.2, 0.25) is 0 Å². The molecule has 2 atom stereocenters. The van der Waals surface area contributed by atoms with Crippen LogP contribution in [-0.4, -0.2) is 29.6 Å². The van der Waals surface area contributed by atoms with E-state index in [4.69, 9.17) is 4.74 Å². The normalized spacial score (nSPS) is 27.9. The molecule has 2 unspecified atom stereocenters. The lowest BCUT2D eigenvalue weighted by Crippen LogP contribution is -2.43. The Labute approximate surface area is 119 Å². The molecule has 1 fully saturated rings. The molecule has 20 heavy (non-hydrogen) atoms. The highest BCUT2D eigenvalue weighted by atomic mass is 16.6. The molecule has 3 rings (SSSR count). The van der Waals surface area contributed by atoms with Crippen LogP contribution in [0.3, 0.4) is 0 Å². The first-order valence-corrected chi connectivity index (χ1v) is 7.20. The highest BCUT2D eigenvalue weighted by Crippen LogP contribution is 2.38. The summed E-state index contributed by atoms with van der Waals surface area (Å²) in [5.74, 6) is 0.372. The predicted octanol–water partition coefficient (Wildman–Crippen LogP) is 2.04. The average Bonchev–Trinajstić information content (AvgIpc) is 2.64. The van der Waals surface area contributed by atoms with Gasteiger partial charge in [-0.15, -0.1) is 0 Å². The number of aromatic nitrogens is 1. The SMILES string of the molecule is CC1CCC(Nc2nccc3c2C(=O)OC3(C)C)CN1. The number of nitrogens with one attached hydrogen (secondary N) is 2. The number of piperidine rings is 1. The number of anilines is 1. The Hall–Kier alpha value is -1.62. The molecule has 0 spiro atoms. The number of carbonyl (C=O) groups excluding carboxylic acids is 1.